The Morgan fingerprint density at radius 2 is 1.80 bits per heavy atom. The van der Waals surface area contributed by atoms with Crippen molar-refractivity contribution < 1.29 is 14.7 Å². The van der Waals surface area contributed by atoms with Gasteiger partial charge in [-0.1, -0.05) is 6.07 Å². The van der Waals surface area contributed by atoms with Gasteiger partial charge < -0.3 is 21.1 Å². The predicted octanol–water partition coefficient (Wildman–Crippen LogP) is 4.61. The number of anilines is 3. The van der Waals surface area contributed by atoms with Crippen LogP contribution < -0.4 is 16.0 Å². The molecule has 4 N–H and O–H groups in total. The number of rotatable bonds is 9. The third-order valence-corrected chi connectivity index (χ3v) is 6.58. The Morgan fingerprint density at radius 1 is 1.00 bits per heavy atom. The first-order valence-electron chi connectivity index (χ1n) is 13.2. The number of pyridine rings is 2. The summed E-state index contributed by atoms with van der Waals surface area (Å²) >= 11 is 0. The Labute approximate surface area is 232 Å². The first-order chi connectivity index (χ1) is 19.3. The molecule has 1 saturated carbocycles. The van der Waals surface area contributed by atoms with Crippen molar-refractivity contribution in [2.45, 2.75) is 39.7 Å². The Hall–Kier alpha value is -4.70. The number of aliphatic hydroxyl groups is 1. The number of carbonyl (C=O) groups is 2. The number of hydrogen-bond donors (Lipinski definition) is 4. The Balaban J connectivity index is 1.50. The van der Waals surface area contributed by atoms with E-state index < -0.39 is 0 Å². The molecule has 1 aromatic carbocycles. The predicted molar refractivity (Wildman–Crippen MR) is 154 cm³/mol. The van der Waals surface area contributed by atoms with Gasteiger partial charge in [0.05, 0.1) is 18.5 Å². The summed E-state index contributed by atoms with van der Waals surface area (Å²) in [5, 5.41) is 26.5. The SMILES string of the molecule is Cc1cnnc(C(=O)Nc2ccc(C)c(-c3cc(NC(C)CO)nc(-c4ccnc(NC(=O)C5CC5)c4)c3)c2)c1. The highest BCUT2D eigenvalue weighted by Gasteiger charge is 2.29. The summed E-state index contributed by atoms with van der Waals surface area (Å²) in [7, 11) is 0. The summed E-state index contributed by atoms with van der Waals surface area (Å²) in [4.78, 5) is 34.2. The summed E-state index contributed by atoms with van der Waals surface area (Å²) in [5.41, 5.74) is 5.90. The van der Waals surface area contributed by atoms with Crippen LogP contribution in [0.3, 0.4) is 0 Å². The van der Waals surface area contributed by atoms with Crippen molar-refractivity contribution in [1.82, 2.24) is 20.2 Å². The molecule has 2 amide bonds. The van der Waals surface area contributed by atoms with Crippen LogP contribution in [0.25, 0.3) is 22.4 Å². The molecular formula is C30H31N7O3. The highest BCUT2D eigenvalue weighted by molar-refractivity contribution is 6.03. The number of aryl methyl sites for hydroxylation is 2. The van der Waals surface area contributed by atoms with E-state index in [4.69, 9.17) is 4.98 Å². The zero-order valence-corrected chi connectivity index (χ0v) is 22.6. The third kappa shape index (κ3) is 6.47. The summed E-state index contributed by atoms with van der Waals surface area (Å²) in [6.45, 7) is 5.65. The number of nitrogens with one attached hydrogen (secondary N) is 3. The first kappa shape index (κ1) is 26.9. The van der Waals surface area contributed by atoms with E-state index in [0.717, 1.165) is 40.7 Å². The maximum absolute atomic E-state index is 12.8. The average Bonchev–Trinajstić information content (AvgIpc) is 3.80. The number of nitrogens with zero attached hydrogens (tertiary/aromatic N) is 4. The monoisotopic (exact) mass is 537 g/mol. The van der Waals surface area contributed by atoms with Crippen LogP contribution in [0.4, 0.5) is 17.3 Å². The molecule has 1 aliphatic carbocycles. The van der Waals surface area contributed by atoms with E-state index in [2.05, 4.69) is 31.1 Å². The van der Waals surface area contributed by atoms with Crippen LogP contribution in [-0.2, 0) is 4.79 Å². The maximum Gasteiger partial charge on any atom is 0.276 e. The van der Waals surface area contributed by atoms with Crippen molar-refractivity contribution in [2.75, 3.05) is 22.6 Å². The second-order valence-electron chi connectivity index (χ2n) is 10.1. The fraction of sp³-hybridized carbons (Fsp3) is 0.267. The summed E-state index contributed by atoms with van der Waals surface area (Å²) in [5.74, 6) is 0.754. The van der Waals surface area contributed by atoms with Crippen molar-refractivity contribution in [3.05, 3.63) is 77.7 Å². The maximum atomic E-state index is 12.8. The van der Waals surface area contributed by atoms with Gasteiger partial charge >= 0.3 is 0 Å². The van der Waals surface area contributed by atoms with Crippen LogP contribution in [-0.4, -0.2) is 49.7 Å². The molecule has 0 aliphatic heterocycles. The van der Waals surface area contributed by atoms with Gasteiger partial charge in [0.1, 0.15) is 11.6 Å². The minimum atomic E-state index is -0.349. The van der Waals surface area contributed by atoms with E-state index in [1.54, 1.807) is 24.5 Å². The molecule has 0 spiro atoms. The van der Waals surface area contributed by atoms with Crippen LogP contribution in [0.2, 0.25) is 0 Å². The zero-order valence-electron chi connectivity index (χ0n) is 22.6. The van der Waals surface area contributed by atoms with Gasteiger partial charge in [-0.2, -0.15) is 5.10 Å². The molecule has 4 aromatic rings. The van der Waals surface area contributed by atoms with Gasteiger partial charge in [0, 0.05) is 29.4 Å². The Kier molecular flexibility index (Phi) is 7.79. The number of benzene rings is 1. The molecule has 5 rings (SSSR count). The summed E-state index contributed by atoms with van der Waals surface area (Å²) in [6.07, 6.45) is 5.05. The van der Waals surface area contributed by atoms with E-state index in [9.17, 15) is 14.7 Å². The topological polar surface area (TPSA) is 142 Å². The number of aromatic nitrogens is 4. The average molecular weight is 538 g/mol. The quantitative estimate of drug-likeness (QED) is 0.242. The molecule has 204 valence electrons. The minimum Gasteiger partial charge on any atom is -0.394 e. The normalized spacial score (nSPS) is 13.4. The lowest BCUT2D eigenvalue weighted by atomic mass is 9.98. The zero-order chi connectivity index (χ0) is 28.2. The molecule has 0 bridgehead atoms. The van der Waals surface area contributed by atoms with Crippen LogP contribution in [0.1, 0.15) is 41.4 Å². The van der Waals surface area contributed by atoms with Crippen LogP contribution in [0.5, 0.6) is 0 Å². The van der Waals surface area contributed by atoms with Gasteiger partial charge in [-0.3, -0.25) is 9.59 Å². The molecule has 3 aromatic heterocycles. The van der Waals surface area contributed by atoms with E-state index in [1.165, 1.54) is 0 Å². The number of carbonyl (C=O) groups excluding carboxylic acids is 2. The minimum absolute atomic E-state index is 0.0170. The third-order valence-electron chi connectivity index (χ3n) is 6.58. The smallest absolute Gasteiger partial charge is 0.276 e. The van der Waals surface area contributed by atoms with Gasteiger partial charge in [-0.25, -0.2) is 9.97 Å². The standard InChI is InChI=1S/C30H31N7O3/c1-17-10-26(37-32-15-17)30(40)34-23-7-4-18(2)24(14-23)22-11-25(35-28(13-22)33-19(3)16-38)21-8-9-31-27(12-21)36-29(39)20-5-6-20/h4,7-15,19-20,38H,5-6,16H2,1-3H3,(H,33,35)(H,34,40)(H,31,36,39). The fourth-order valence-electron chi connectivity index (χ4n) is 4.22. The molecule has 0 saturated heterocycles. The van der Waals surface area contributed by atoms with Crippen LogP contribution in [0, 0.1) is 19.8 Å². The van der Waals surface area contributed by atoms with Gasteiger partial charge in [0.15, 0.2) is 5.69 Å². The highest BCUT2D eigenvalue weighted by atomic mass is 16.3. The lowest BCUT2D eigenvalue weighted by Gasteiger charge is -2.16. The van der Waals surface area contributed by atoms with E-state index in [1.807, 2.05) is 57.2 Å². The lowest BCUT2D eigenvalue weighted by Crippen LogP contribution is -2.20. The molecule has 0 radical (unpaired) electrons. The van der Waals surface area contributed by atoms with Crippen molar-refractivity contribution in [1.29, 1.82) is 0 Å². The number of aliphatic hydroxyl groups excluding tert-OH is 1. The Morgan fingerprint density at radius 3 is 2.55 bits per heavy atom. The molecule has 10 nitrogen and oxygen atoms in total. The largest absolute Gasteiger partial charge is 0.394 e. The summed E-state index contributed by atoms with van der Waals surface area (Å²) < 4.78 is 0. The van der Waals surface area contributed by atoms with Crippen molar-refractivity contribution >= 4 is 29.1 Å². The van der Waals surface area contributed by atoms with E-state index in [0.29, 0.717) is 23.0 Å². The molecule has 3 heterocycles. The van der Waals surface area contributed by atoms with Crippen molar-refractivity contribution in [2.24, 2.45) is 5.92 Å². The van der Waals surface area contributed by atoms with Gasteiger partial charge in [0.2, 0.25) is 5.91 Å². The second kappa shape index (κ2) is 11.6. The van der Waals surface area contributed by atoms with Gasteiger partial charge in [-0.05, 0) is 98.3 Å². The van der Waals surface area contributed by atoms with E-state index >= 15 is 0 Å². The van der Waals surface area contributed by atoms with E-state index in [-0.39, 0.29) is 36.1 Å². The van der Waals surface area contributed by atoms with Crippen molar-refractivity contribution in [3.8, 4) is 22.4 Å². The Bertz CT molecular complexity index is 1570. The number of amides is 2. The fourth-order valence-corrected chi connectivity index (χ4v) is 4.22. The molecule has 40 heavy (non-hydrogen) atoms. The van der Waals surface area contributed by atoms with Crippen LogP contribution >= 0.6 is 0 Å². The first-order valence-corrected chi connectivity index (χ1v) is 13.2. The number of hydrogen-bond acceptors (Lipinski definition) is 8. The molecule has 1 unspecified atom stereocenters. The van der Waals surface area contributed by atoms with Gasteiger partial charge in [-0.15, -0.1) is 5.10 Å². The molecular weight excluding hydrogens is 506 g/mol. The van der Waals surface area contributed by atoms with Gasteiger partial charge in [0.25, 0.3) is 5.91 Å². The second-order valence-corrected chi connectivity index (χ2v) is 10.1. The molecule has 1 fully saturated rings. The highest BCUT2D eigenvalue weighted by Crippen LogP contribution is 2.33. The summed E-state index contributed by atoms with van der Waals surface area (Å²) in [6, 6.07) is 14.7. The lowest BCUT2D eigenvalue weighted by molar-refractivity contribution is -0.117. The molecule has 1 aliphatic rings. The molecule has 10 heteroatoms. The van der Waals surface area contributed by atoms with Crippen LogP contribution in [0.15, 0.2) is 60.9 Å². The molecule has 1 atom stereocenters. The van der Waals surface area contributed by atoms with Crippen molar-refractivity contribution in [3.63, 3.8) is 0 Å².